The topological polar surface area (TPSA) is 54.7 Å². The summed E-state index contributed by atoms with van der Waals surface area (Å²) in [6.45, 7) is 0.371. The maximum atomic E-state index is 13.2. The highest BCUT2D eigenvalue weighted by Crippen LogP contribution is 2.19. The van der Waals surface area contributed by atoms with Crippen molar-refractivity contribution in [3.05, 3.63) is 99.9 Å². The summed E-state index contributed by atoms with van der Waals surface area (Å²) in [6, 6.07) is 19.0. The van der Waals surface area contributed by atoms with Crippen molar-refractivity contribution in [2.75, 3.05) is 4.90 Å². The van der Waals surface area contributed by atoms with Gasteiger partial charge in [-0.2, -0.15) is 0 Å². The third-order valence-corrected chi connectivity index (χ3v) is 4.84. The van der Waals surface area contributed by atoms with E-state index in [0.29, 0.717) is 11.5 Å². The van der Waals surface area contributed by atoms with Gasteiger partial charge in [0.1, 0.15) is 5.56 Å². The molecule has 0 radical (unpaired) electrons. The smallest absolute Gasteiger partial charge is 0.271 e. The number of benzene rings is 2. The molecular weight excluding hydrogens is 346 g/mol. The van der Waals surface area contributed by atoms with Gasteiger partial charge in [-0.15, -0.1) is 11.3 Å². The highest BCUT2D eigenvalue weighted by atomic mass is 32.1. The summed E-state index contributed by atoms with van der Waals surface area (Å²) in [5.41, 5.74) is 1.42. The Labute approximate surface area is 153 Å². The molecule has 26 heavy (non-hydrogen) atoms. The third-order valence-electron chi connectivity index (χ3n) is 4.07. The Bertz CT molecular complexity index is 1100. The molecular formula is C20H15N3O2S. The van der Waals surface area contributed by atoms with E-state index in [0.717, 1.165) is 11.3 Å². The lowest BCUT2D eigenvalue weighted by Gasteiger charge is -2.22. The molecule has 0 aliphatic heterocycles. The lowest BCUT2D eigenvalue weighted by molar-refractivity contribution is 0.0983. The number of anilines is 1. The second kappa shape index (κ2) is 6.93. The SMILES string of the molecule is O=C(c1cnc2sccn2c1=O)N(Cc1ccccc1)c1ccccc1. The van der Waals surface area contributed by atoms with Crippen molar-refractivity contribution in [2.45, 2.75) is 6.54 Å². The lowest BCUT2D eigenvalue weighted by atomic mass is 10.1. The van der Waals surface area contributed by atoms with Crippen molar-refractivity contribution in [3.8, 4) is 0 Å². The van der Waals surface area contributed by atoms with E-state index >= 15 is 0 Å². The Hall–Kier alpha value is -3.25. The van der Waals surface area contributed by atoms with Gasteiger partial charge in [0.25, 0.3) is 11.5 Å². The first kappa shape index (κ1) is 16.2. The third kappa shape index (κ3) is 3.02. The first-order valence-electron chi connectivity index (χ1n) is 8.10. The van der Waals surface area contributed by atoms with Crippen LogP contribution in [0.4, 0.5) is 5.69 Å². The fourth-order valence-corrected chi connectivity index (χ4v) is 3.45. The van der Waals surface area contributed by atoms with Gasteiger partial charge in [-0.05, 0) is 17.7 Å². The molecule has 0 fully saturated rings. The van der Waals surface area contributed by atoms with E-state index in [1.165, 1.54) is 21.9 Å². The van der Waals surface area contributed by atoms with E-state index in [2.05, 4.69) is 4.98 Å². The van der Waals surface area contributed by atoms with Crippen LogP contribution in [0.1, 0.15) is 15.9 Å². The van der Waals surface area contributed by atoms with Crippen LogP contribution in [-0.2, 0) is 6.54 Å². The van der Waals surface area contributed by atoms with Crippen molar-refractivity contribution in [3.63, 3.8) is 0 Å². The molecule has 0 aliphatic carbocycles. The number of nitrogens with zero attached hydrogens (tertiary/aromatic N) is 3. The first-order chi connectivity index (χ1) is 12.7. The van der Waals surface area contributed by atoms with Crippen LogP contribution < -0.4 is 10.5 Å². The summed E-state index contributed by atoms with van der Waals surface area (Å²) < 4.78 is 1.41. The van der Waals surface area contributed by atoms with E-state index in [4.69, 9.17) is 0 Å². The molecule has 2 heterocycles. The largest absolute Gasteiger partial charge is 0.304 e. The predicted octanol–water partition coefficient (Wildman–Crippen LogP) is 3.60. The normalized spacial score (nSPS) is 10.8. The second-order valence-corrected chi connectivity index (χ2v) is 6.62. The summed E-state index contributed by atoms with van der Waals surface area (Å²) in [6.07, 6.45) is 3.01. The number of hydrogen-bond acceptors (Lipinski definition) is 4. The first-order valence-corrected chi connectivity index (χ1v) is 8.98. The fourth-order valence-electron chi connectivity index (χ4n) is 2.77. The van der Waals surface area contributed by atoms with Crippen LogP contribution in [0.5, 0.6) is 0 Å². The van der Waals surface area contributed by atoms with Gasteiger partial charge in [-0.1, -0.05) is 48.5 Å². The Balaban J connectivity index is 1.78. The van der Waals surface area contributed by atoms with Crippen molar-refractivity contribution >= 4 is 27.9 Å². The molecule has 0 spiro atoms. The van der Waals surface area contributed by atoms with Gasteiger partial charge >= 0.3 is 0 Å². The number of carbonyl (C=O) groups excluding carboxylic acids is 1. The zero-order valence-corrected chi connectivity index (χ0v) is 14.6. The highest BCUT2D eigenvalue weighted by Gasteiger charge is 2.22. The summed E-state index contributed by atoms with van der Waals surface area (Å²) in [7, 11) is 0. The summed E-state index contributed by atoms with van der Waals surface area (Å²) in [4.78, 5) is 32.3. The fraction of sp³-hybridized carbons (Fsp3) is 0.0500. The molecule has 2 aromatic heterocycles. The number of hydrogen-bond donors (Lipinski definition) is 0. The zero-order chi connectivity index (χ0) is 17.9. The molecule has 0 saturated heterocycles. The van der Waals surface area contributed by atoms with Gasteiger partial charge in [0, 0.05) is 23.5 Å². The molecule has 4 rings (SSSR count). The standard InChI is InChI=1S/C20H15N3O2S/c24-18-17(13-21-20-22(18)11-12-26-20)19(25)23(16-9-5-2-6-10-16)14-15-7-3-1-4-8-15/h1-13H,14H2. The minimum atomic E-state index is -0.363. The molecule has 0 atom stereocenters. The van der Waals surface area contributed by atoms with Crippen molar-refractivity contribution in [1.82, 2.24) is 9.38 Å². The zero-order valence-electron chi connectivity index (χ0n) is 13.8. The highest BCUT2D eigenvalue weighted by molar-refractivity contribution is 7.15. The number of aromatic nitrogens is 2. The molecule has 0 bridgehead atoms. The lowest BCUT2D eigenvalue weighted by Crippen LogP contribution is -2.35. The Morgan fingerprint density at radius 2 is 1.73 bits per heavy atom. The molecule has 0 unspecified atom stereocenters. The van der Waals surface area contributed by atoms with E-state index in [1.54, 1.807) is 16.5 Å². The Morgan fingerprint density at radius 1 is 1.04 bits per heavy atom. The maximum absolute atomic E-state index is 13.2. The molecule has 6 heteroatoms. The average Bonchev–Trinajstić information content (AvgIpc) is 3.17. The van der Waals surface area contributed by atoms with Crippen molar-refractivity contribution in [1.29, 1.82) is 0 Å². The van der Waals surface area contributed by atoms with Gasteiger partial charge < -0.3 is 4.90 Å². The molecule has 0 N–H and O–H groups in total. The monoisotopic (exact) mass is 361 g/mol. The van der Waals surface area contributed by atoms with Gasteiger partial charge in [-0.3, -0.25) is 14.0 Å². The minimum Gasteiger partial charge on any atom is -0.304 e. The predicted molar refractivity (Wildman–Crippen MR) is 103 cm³/mol. The molecule has 1 amide bonds. The van der Waals surface area contributed by atoms with Crippen molar-refractivity contribution in [2.24, 2.45) is 0 Å². The van der Waals surface area contributed by atoms with Crippen LogP contribution >= 0.6 is 11.3 Å². The van der Waals surface area contributed by atoms with Crippen LogP contribution in [-0.4, -0.2) is 15.3 Å². The van der Waals surface area contributed by atoms with Gasteiger partial charge in [0.2, 0.25) is 0 Å². The maximum Gasteiger partial charge on any atom is 0.271 e. The minimum absolute atomic E-state index is 0.0562. The number of rotatable bonds is 4. The number of fused-ring (bicyclic) bond motifs is 1. The number of carbonyl (C=O) groups is 1. The summed E-state index contributed by atoms with van der Waals surface area (Å²) >= 11 is 1.36. The molecule has 128 valence electrons. The number of para-hydroxylation sites is 1. The van der Waals surface area contributed by atoms with E-state index < -0.39 is 0 Å². The summed E-state index contributed by atoms with van der Waals surface area (Å²) in [5, 5.41) is 1.77. The van der Waals surface area contributed by atoms with Crippen LogP contribution in [0.2, 0.25) is 0 Å². The van der Waals surface area contributed by atoms with Gasteiger partial charge in [-0.25, -0.2) is 4.98 Å². The Morgan fingerprint density at radius 3 is 2.46 bits per heavy atom. The molecule has 0 saturated carbocycles. The van der Waals surface area contributed by atoms with E-state index in [9.17, 15) is 9.59 Å². The van der Waals surface area contributed by atoms with E-state index in [1.807, 2.05) is 60.7 Å². The van der Waals surface area contributed by atoms with Crippen LogP contribution in [0.25, 0.3) is 4.96 Å². The average molecular weight is 361 g/mol. The van der Waals surface area contributed by atoms with Gasteiger partial charge in [0.15, 0.2) is 4.96 Å². The second-order valence-electron chi connectivity index (χ2n) is 5.75. The van der Waals surface area contributed by atoms with E-state index in [-0.39, 0.29) is 17.0 Å². The molecule has 0 aliphatic rings. The summed E-state index contributed by atoms with van der Waals surface area (Å²) in [5.74, 6) is -0.363. The van der Waals surface area contributed by atoms with Crippen LogP contribution in [0.15, 0.2) is 83.2 Å². The molecule has 5 nitrogen and oxygen atoms in total. The van der Waals surface area contributed by atoms with Crippen LogP contribution in [0.3, 0.4) is 0 Å². The number of amides is 1. The Kier molecular flexibility index (Phi) is 4.33. The van der Waals surface area contributed by atoms with Crippen molar-refractivity contribution < 1.29 is 4.79 Å². The number of thiazole rings is 1. The molecule has 4 aromatic rings. The van der Waals surface area contributed by atoms with Gasteiger partial charge in [0.05, 0.1) is 6.54 Å². The quantitative estimate of drug-likeness (QED) is 0.558. The van der Waals surface area contributed by atoms with Crippen LogP contribution in [0, 0.1) is 0 Å². The molecule has 2 aromatic carbocycles.